The van der Waals surface area contributed by atoms with Gasteiger partial charge in [0.25, 0.3) is 0 Å². The average molecular weight is 289 g/mol. The number of nitrogens with zero attached hydrogens (tertiary/aromatic N) is 1. The molecule has 1 aromatic rings. The summed E-state index contributed by atoms with van der Waals surface area (Å²) < 4.78 is 5.14. The SMILES string of the molecule is CC(=O)OC[C@H]1CN(C)[C@@H]2CCc3ccccc3[C@H]2[C@@H]1O. The van der Waals surface area contributed by atoms with Crippen molar-refractivity contribution in [3.8, 4) is 0 Å². The molecule has 1 aliphatic carbocycles. The first-order valence-corrected chi connectivity index (χ1v) is 7.67. The lowest BCUT2D eigenvalue weighted by molar-refractivity contribution is -0.145. The third kappa shape index (κ3) is 2.70. The molecule has 2 aliphatic rings. The molecule has 114 valence electrons. The van der Waals surface area contributed by atoms with Crippen LogP contribution in [0.15, 0.2) is 24.3 Å². The molecule has 3 rings (SSSR count). The van der Waals surface area contributed by atoms with Gasteiger partial charge >= 0.3 is 5.97 Å². The van der Waals surface area contributed by atoms with Crippen LogP contribution in [0.4, 0.5) is 0 Å². The summed E-state index contributed by atoms with van der Waals surface area (Å²) in [6, 6.07) is 8.78. The van der Waals surface area contributed by atoms with Crippen molar-refractivity contribution in [2.75, 3.05) is 20.2 Å². The number of aliphatic hydroxyl groups excluding tert-OH is 1. The number of piperidine rings is 1. The van der Waals surface area contributed by atoms with Crippen LogP contribution >= 0.6 is 0 Å². The van der Waals surface area contributed by atoms with Gasteiger partial charge in [0.1, 0.15) is 0 Å². The summed E-state index contributed by atoms with van der Waals surface area (Å²) in [6.45, 7) is 2.49. The molecule has 21 heavy (non-hydrogen) atoms. The highest BCUT2D eigenvalue weighted by atomic mass is 16.5. The smallest absolute Gasteiger partial charge is 0.302 e. The zero-order valence-electron chi connectivity index (χ0n) is 12.7. The topological polar surface area (TPSA) is 49.8 Å². The van der Waals surface area contributed by atoms with E-state index in [4.69, 9.17) is 4.74 Å². The number of benzene rings is 1. The molecular formula is C17H23NO3. The molecule has 0 radical (unpaired) electrons. The van der Waals surface area contributed by atoms with Gasteiger partial charge in [-0.1, -0.05) is 24.3 Å². The number of aryl methyl sites for hydroxylation is 1. The number of carbonyl (C=O) groups excluding carboxylic acids is 1. The van der Waals surface area contributed by atoms with Gasteiger partial charge in [0.15, 0.2) is 0 Å². The van der Waals surface area contributed by atoms with E-state index in [1.165, 1.54) is 18.1 Å². The van der Waals surface area contributed by atoms with Crippen LogP contribution in [0.1, 0.15) is 30.4 Å². The third-order valence-electron chi connectivity index (χ3n) is 4.98. The molecular weight excluding hydrogens is 266 g/mol. The van der Waals surface area contributed by atoms with Crippen LogP contribution in [0.5, 0.6) is 0 Å². The van der Waals surface area contributed by atoms with Crippen molar-refractivity contribution >= 4 is 5.97 Å². The highest BCUT2D eigenvalue weighted by Gasteiger charge is 2.44. The van der Waals surface area contributed by atoms with Gasteiger partial charge in [0, 0.05) is 31.3 Å². The Bertz CT molecular complexity index is 531. The van der Waals surface area contributed by atoms with Gasteiger partial charge in [-0.2, -0.15) is 0 Å². The lowest BCUT2D eigenvalue weighted by Crippen LogP contribution is -2.55. The van der Waals surface area contributed by atoms with E-state index in [-0.39, 0.29) is 17.8 Å². The lowest BCUT2D eigenvalue weighted by atomic mass is 9.70. The minimum absolute atomic E-state index is 0.0219. The molecule has 1 aromatic carbocycles. The number of hydrogen-bond acceptors (Lipinski definition) is 4. The van der Waals surface area contributed by atoms with E-state index in [1.54, 1.807) is 0 Å². The minimum atomic E-state index is -0.452. The van der Waals surface area contributed by atoms with E-state index in [1.807, 2.05) is 6.07 Å². The van der Waals surface area contributed by atoms with Crippen molar-refractivity contribution in [3.63, 3.8) is 0 Å². The fourth-order valence-electron chi connectivity index (χ4n) is 3.97. The van der Waals surface area contributed by atoms with Gasteiger partial charge in [0.2, 0.25) is 0 Å². The molecule has 4 heteroatoms. The number of likely N-dealkylation sites (N-methyl/N-ethyl adjacent to an activating group) is 1. The van der Waals surface area contributed by atoms with Crippen molar-refractivity contribution in [2.45, 2.75) is 37.8 Å². The van der Waals surface area contributed by atoms with E-state index < -0.39 is 6.10 Å². The van der Waals surface area contributed by atoms with Crippen molar-refractivity contribution in [3.05, 3.63) is 35.4 Å². The van der Waals surface area contributed by atoms with Crippen LogP contribution in [0, 0.1) is 5.92 Å². The number of esters is 1. The molecule has 1 N–H and O–H groups in total. The van der Waals surface area contributed by atoms with Gasteiger partial charge in [-0.25, -0.2) is 0 Å². The van der Waals surface area contributed by atoms with Gasteiger partial charge in [0.05, 0.1) is 12.7 Å². The Kier molecular flexibility index (Phi) is 4.00. The fraction of sp³-hybridized carbons (Fsp3) is 0.588. The standard InChI is InChI=1S/C17H23NO3/c1-11(19)21-10-13-9-18(2)15-8-7-12-5-3-4-6-14(12)16(15)17(13)20/h3-6,13,15-17,20H,7-10H2,1-2H3/t13-,15-,16-,17-/m1/s1. The summed E-state index contributed by atoms with van der Waals surface area (Å²) in [7, 11) is 2.11. The normalized spacial score (nSPS) is 32.1. The Morgan fingerprint density at radius 2 is 2.19 bits per heavy atom. The van der Waals surface area contributed by atoms with Crippen molar-refractivity contribution in [1.29, 1.82) is 0 Å². The van der Waals surface area contributed by atoms with Gasteiger partial charge in [-0.15, -0.1) is 0 Å². The first-order valence-electron chi connectivity index (χ1n) is 7.67. The quantitative estimate of drug-likeness (QED) is 0.840. The van der Waals surface area contributed by atoms with Crippen LogP contribution in [-0.2, 0) is 16.0 Å². The zero-order chi connectivity index (χ0) is 15.0. The maximum absolute atomic E-state index is 11.0. The highest BCUT2D eigenvalue weighted by molar-refractivity contribution is 5.65. The fourth-order valence-corrected chi connectivity index (χ4v) is 3.97. The summed E-state index contributed by atoms with van der Waals surface area (Å²) in [6.07, 6.45) is 1.70. The first-order chi connectivity index (χ1) is 10.1. The van der Waals surface area contributed by atoms with Crippen molar-refractivity contribution < 1.29 is 14.6 Å². The number of ether oxygens (including phenoxy) is 1. The Morgan fingerprint density at radius 1 is 1.43 bits per heavy atom. The summed E-state index contributed by atoms with van der Waals surface area (Å²) in [5.41, 5.74) is 2.61. The molecule has 0 unspecified atom stereocenters. The predicted octanol–water partition coefficient (Wildman–Crippen LogP) is 1.57. The van der Waals surface area contributed by atoms with Crippen LogP contribution < -0.4 is 0 Å². The van der Waals surface area contributed by atoms with Crippen molar-refractivity contribution in [1.82, 2.24) is 4.90 Å². The van der Waals surface area contributed by atoms with Gasteiger partial charge in [-0.05, 0) is 31.0 Å². The molecule has 1 aliphatic heterocycles. The molecule has 4 nitrogen and oxygen atoms in total. The van der Waals surface area contributed by atoms with E-state index in [2.05, 4.69) is 30.1 Å². The summed E-state index contributed by atoms with van der Waals surface area (Å²) >= 11 is 0. The second kappa shape index (κ2) is 5.78. The zero-order valence-corrected chi connectivity index (χ0v) is 12.7. The molecule has 4 atom stereocenters. The van der Waals surface area contributed by atoms with E-state index >= 15 is 0 Å². The second-order valence-corrected chi connectivity index (χ2v) is 6.32. The third-order valence-corrected chi connectivity index (χ3v) is 4.98. The number of hydrogen-bond donors (Lipinski definition) is 1. The molecule has 0 saturated carbocycles. The second-order valence-electron chi connectivity index (χ2n) is 6.32. The molecule has 1 heterocycles. The van der Waals surface area contributed by atoms with Crippen LogP contribution in [0.2, 0.25) is 0 Å². The summed E-state index contributed by atoms with van der Waals surface area (Å²) in [5, 5.41) is 10.8. The average Bonchev–Trinajstić information content (AvgIpc) is 2.48. The maximum Gasteiger partial charge on any atom is 0.302 e. The number of likely N-dealkylation sites (tertiary alicyclic amines) is 1. The van der Waals surface area contributed by atoms with E-state index in [9.17, 15) is 9.90 Å². The number of fused-ring (bicyclic) bond motifs is 3. The Labute approximate surface area is 125 Å². The first kappa shape index (κ1) is 14.5. The molecule has 1 fully saturated rings. The van der Waals surface area contributed by atoms with E-state index in [0.717, 1.165) is 19.4 Å². The Hall–Kier alpha value is -1.39. The number of carbonyl (C=O) groups is 1. The van der Waals surface area contributed by atoms with E-state index in [0.29, 0.717) is 12.6 Å². The molecule has 0 spiro atoms. The lowest BCUT2D eigenvalue weighted by Gasteiger charge is -2.49. The van der Waals surface area contributed by atoms with Crippen LogP contribution in [0.3, 0.4) is 0 Å². The minimum Gasteiger partial charge on any atom is -0.465 e. The molecule has 0 amide bonds. The number of aliphatic hydroxyl groups is 1. The molecule has 0 aromatic heterocycles. The van der Waals surface area contributed by atoms with Crippen LogP contribution in [-0.4, -0.2) is 48.3 Å². The van der Waals surface area contributed by atoms with Gasteiger partial charge < -0.3 is 14.7 Å². The monoisotopic (exact) mass is 289 g/mol. The Morgan fingerprint density at radius 3 is 2.95 bits per heavy atom. The molecule has 1 saturated heterocycles. The number of rotatable bonds is 2. The van der Waals surface area contributed by atoms with Gasteiger partial charge in [-0.3, -0.25) is 4.79 Å². The highest BCUT2D eigenvalue weighted by Crippen LogP contribution is 2.42. The van der Waals surface area contributed by atoms with Crippen LogP contribution in [0.25, 0.3) is 0 Å². The summed E-state index contributed by atoms with van der Waals surface area (Å²) in [5.74, 6) is -0.184. The predicted molar refractivity (Wildman–Crippen MR) is 80.1 cm³/mol. The largest absolute Gasteiger partial charge is 0.465 e. The van der Waals surface area contributed by atoms with Crippen molar-refractivity contribution in [2.24, 2.45) is 5.92 Å². The summed E-state index contributed by atoms with van der Waals surface area (Å²) in [4.78, 5) is 13.4. The Balaban J connectivity index is 1.86. The molecule has 0 bridgehead atoms. The maximum atomic E-state index is 11.0.